The van der Waals surface area contributed by atoms with E-state index < -0.39 is 0 Å². The topological polar surface area (TPSA) is 46.5 Å². The van der Waals surface area contributed by atoms with Gasteiger partial charge in [0.05, 0.1) is 17.3 Å². The van der Waals surface area contributed by atoms with Crippen LogP contribution >= 0.6 is 27.5 Å². The Kier molecular flexibility index (Phi) is 2.45. The number of aryl methyl sites for hydroxylation is 1. The van der Waals surface area contributed by atoms with Crippen molar-refractivity contribution < 1.29 is 0 Å². The summed E-state index contributed by atoms with van der Waals surface area (Å²) in [4.78, 5) is 7.75. The third-order valence-electron chi connectivity index (χ3n) is 2.48. The highest BCUT2D eigenvalue weighted by Crippen LogP contribution is 2.29. The van der Waals surface area contributed by atoms with Crippen LogP contribution in [0.25, 0.3) is 22.4 Å². The minimum absolute atomic E-state index is 0.672. The number of imidazole rings is 1. The molecule has 86 valence electrons. The standard InChI is InChI=1S/C11H8BrClN4/c1-17-5-6(4-14-17)11-15-9-3-7(13)2-8(12)10(9)16-11/h2-5H,1H3,(H,15,16). The zero-order chi connectivity index (χ0) is 12.0. The first-order chi connectivity index (χ1) is 8.13. The Morgan fingerprint density at radius 2 is 2.24 bits per heavy atom. The maximum atomic E-state index is 5.99. The molecule has 4 nitrogen and oxygen atoms in total. The average molecular weight is 312 g/mol. The molecule has 0 atom stereocenters. The van der Waals surface area contributed by atoms with Crippen LogP contribution in [0.1, 0.15) is 0 Å². The Morgan fingerprint density at radius 3 is 2.94 bits per heavy atom. The van der Waals surface area contributed by atoms with Crippen LogP contribution in [-0.2, 0) is 7.05 Å². The van der Waals surface area contributed by atoms with Gasteiger partial charge in [0.1, 0.15) is 11.3 Å². The Bertz CT molecular complexity index is 701. The van der Waals surface area contributed by atoms with Crippen molar-refractivity contribution in [3.63, 3.8) is 0 Å². The first kappa shape index (κ1) is 10.8. The van der Waals surface area contributed by atoms with Gasteiger partial charge in [-0.3, -0.25) is 4.68 Å². The molecule has 0 aliphatic rings. The molecule has 0 bridgehead atoms. The molecule has 2 heterocycles. The molecule has 17 heavy (non-hydrogen) atoms. The number of nitrogens with zero attached hydrogens (tertiary/aromatic N) is 3. The quantitative estimate of drug-likeness (QED) is 0.749. The second-order valence-corrected chi connectivity index (χ2v) is 5.06. The van der Waals surface area contributed by atoms with Crippen molar-refractivity contribution >= 4 is 38.6 Å². The molecule has 0 unspecified atom stereocenters. The largest absolute Gasteiger partial charge is 0.338 e. The molecule has 0 aliphatic heterocycles. The molecule has 0 aliphatic carbocycles. The Labute approximate surface area is 111 Å². The number of benzene rings is 1. The van der Waals surface area contributed by atoms with E-state index in [0.29, 0.717) is 5.02 Å². The molecule has 0 saturated carbocycles. The smallest absolute Gasteiger partial charge is 0.141 e. The van der Waals surface area contributed by atoms with Crippen molar-refractivity contribution in [1.29, 1.82) is 0 Å². The van der Waals surface area contributed by atoms with Crippen LogP contribution in [0.3, 0.4) is 0 Å². The van der Waals surface area contributed by atoms with Crippen molar-refractivity contribution in [3.8, 4) is 11.4 Å². The van der Waals surface area contributed by atoms with Crippen molar-refractivity contribution in [3.05, 3.63) is 34.0 Å². The second-order valence-electron chi connectivity index (χ2n) is 3.77. The van der Waals surface area contributed by atoms with E-state index in [-0.39, 0.29) is 0 Å². The fraction of sp³-hybridized carbons (Fsp3) is 0.0909. The summed E-state index contributed by atoms with van der Waals surface area (Å²) < 4.78 is 2.62. The number of hydrogen-bond donors (Lipinski definition) is 1. The predicted octanol–water partition coefficient (Wildman–Crippen LogP) is 3.38. The zero-order valence-corrected chi connectivity index (χ0v) is 11.2. The molecule has 3 aromatic rings. The lowest BCUT2D eigenvalue weighted by atomic mass is 10.3. The van der Waals surface area contributed by atoms with Crippen LogP contribution in [0.5, 0.6) is 0 Å². The second kappa shape index (κ2) is 3.85. The Balaban J connectivity index is 2.23. The number of rotatable bonds is 1. The lowest BCUT2D eigenvalue weighted by Crippen LogP contribution is -1.84. The number of hydrogen-bond acceptors (Lipinski definition) is 2. The minimum atomic E-state index is 0.672. The monoisotopic (exact) mass is 310 g/mol. The fourth-order valence-electron chi connectivity index (χ4n) is 1.72. The lowest BCUT2D eigenvalue weighted by molar-refractivity contribution is 0.768. The van der Waals surface area contributed by atoms with Gasteiger partial charge >= 0.3 is 0 Å². The van der Waals surface area contributed by atoms with E-state index in [1.807, 2.05) is 25.4 Å². The van der Waals surface area contributed by atoms with E-state index in [1.54, 1.807) is 10.9 Å². The molecule has 0 spiro atoms. The van der Waals surface area contributed by atoms with Crippen LogP contribution in [0.2, 0.25) is 5.02 Å². The predicted molar refractivity (Wildman–Crippen MR) is 71.0 cm³/mol. The molecule has 2 aromatic heterocycles. The molecule has 1 N–H and O–H groups in total. The Hall–Kier alpha value is -1.33. The summed E-state index contributed by atoms with van der Waals surface area (Å²) in [6, 6.07) is 3.69. The highest BCUT2D eigenvalue weighted by molar-refractivity contribution is 9.10. The third kappa shape index (κ3) is 1.85. The number of aromatic amines is 1. The van der Waals surface area contributed by atoms with E-state index in [1.165, 1.54) is 0 Å². The van der Waals surface area contributed by atoms with Crippen LogP contribution in [0.15, 0.2) is 29.0 Å². The van der Waals surface area contributed by atoms with Gasteiger partial charge in [0.2, 0.25) is 0 Å². The van der Waals surface area contributed by atoms with Gasteiger partial charge in [-0.05, 0) is 28.1 Å². The summed E-state index contributed by atoms with van der Waals surface area (Å²) in [5.41, 5.74) is 2.73. The van der Waals surface area contributed by atoms with E-state index in [4.69, 9.17) is 11.6 Å². The highest BCUT2D eigenvalue weighted by Gasteiger charge is 2.10. The van der Waals surface area contributed by atoms with Gasteiger partial charge in [-0.2, -0.15) is 5.10 Å². The number of H-pyrrole nitrogens is 1. The SMILES string of the molecule is Cn1cc(-c2nc3c(Br)cc(Cl)cc3[nH]2)cn1. The normalized spacial score (nSPS) is 11.2. The maximum absolute atomic E-state index is 5.99. The van der Waals surface area contributed by atoms with Crippen LogP contribution in [-0.4, -0.2) is 19.7 Å². The first-order valence-corrected chi connectivity index (χ1v) is 6.14. The molecule has 3 rings (SSSR count). The maximum Gasteiger partial charge on any atom is 0.141 e. The van der Waals surface area contributed by atoms with Gasteiger partial charge in [-0.15, -0.1) is 0 Å². The van der Waals surface area contributed by atoms with E-state index in [2.05, 4.69) is 31.0 Å². The van der Waals surface area contributed by atoms with Gasteiger partial charge in [0.15, 0.2) is 0 Å². The molecule has 0 amide bonds. The average Bonchev–Trinajstić information content (AvgIpc) is 2.83. The van der Waals surface area contributed by atoms with Crippen LogP contribution in [0.4, 0.5) is 0 Å². The molecule has 0 radical (unpaired) electrons. The summed E-state index contributed by atoms with van der Waals surface area (Å²) >= 11 is 9.44. The molecular weight excluding hydrogens is 304 g/mol. The first-order valence-electron chi connectivity index (χ1n) is 4.97. The summed E-state index contributed by atoms with van der Waals surface area (Å²) in [6.45, 7) is 0. The number of fused-ring (bicyclic) bond motifs is 1. The third-order valence-corrected chi connectivity index (χ3v) is 3.31. The molecular formula is C11H8BrClN4. The molecule has 6 heteroatoms. The summed E-state index contributed by atoms with van der Waals surface area (Å²) in [5, 5.41) is 4.79. The van der Waals surface area contributed by atoms with Crippen molar-refractivity contribution in [2.24, 2.45) is 7.05 Å². The molecule has 0 saturated heterocycles. The van der Waals surface area contributed by atoms with E-state index in [0.717, 1.165) is 26.9 Å². The van der Waals surface area contributed by atoms with Crippen molar-refractivity contribution in [1.82, 2.24) is 19.7 Å². The zero-order valence-electron chi connectivity index (χ0n) is 8.91. The van der Waals surface area contributed by atoms with Crippen molar-refractivity contribution in [2.75, 3.05) is 0 Å². The van der Waals surface area contributed by atoms with E-state index >= 15 is 0 Å². The van der Waals surface area contributed by atoms with Gasteiger partial charge in [-0.25, -0.2) is 4.98 Å². The number of halogens is 2. The van der Waals surface area contributed by atoms with Gasteiger partial charge < -0.3 is 4.98 Å². The van der Waals surface area contributed by atoms with Crippen LogP contribution in [0, 0.1) is 0 Å². The minimum Gasteiger partial charge on any atom is -0.338 e. The molecule has 1 aromatic carbocycles. The highest BCUT2D eigenvalue weighted by atomic mass is 79.9. The van der Waals surface area contributed by atoms with Crippen molar-refractivity contribution in [2.45, 2.75) is 0 Å². The molecule has 0 fully saturated rings. The number of nitrogens with one attached hydrogen (secondary N) is 1. The number of aromatic nitrogens is 4. The van der Waals surface area contributed by atoms with E-state index in [9.17, 15) is 0 Å². The summed E-state index contributed by atoms with van der Waals surface area (Å²) in [5.74, 6) is 0.788. The lowest BCUT2D eigenvalue weighted by Gasteiger charge is -1.92. The van der Waals surface area contributed by atoms with Gasteiger partial charge in [0, 0.05) is 22.7 Å². The Morgan fingerprint density at radius 1 is 1.41 bits per heavy atom. The fourth-order valence-corrected chi connectivity index (χ4v) is 2.62. The summed E-state index contributed by atoms with van der Waals surface area (Å²) in [6.07, 6.45) is 3.68. The van der Waals surface area contributed by atoms with Gasteiger partial charge in [-0.1, -0.05) is 11.6 Å². The van der Waals surface area contributed by atoms with Gasteiger partial charge in [0.25, 0.3) is 0 Å². The summed E-state index contributed by atoms with van der Waals surface area (Å²) in [7, 11) is 1.87. The van der Waals surface area contributed by atoms with Crippen LogP contribution < -0.4 is 0 Å².